The van der Waals surface area contributed by atoms with E-state index in [1.165, 1.54) is 11.1 Å². The van der Waals surface area contributed by atoms with Crippen LogP contribution < -0.4 is 0 Å². The summed E-state index contributed by atoms with van der Waals surface area (Å²) in [6.45, 7) is 1.21. The predicted molar refractivity (Wildman–Crippen MR) is 90.6 cm³/mol. The van der Waals surface area contributed by atoms with Crippen LogP contribution in [0, 0.1) is 0 Å². The van der Waals surface area contributed by atoms with E-state index >= 15 is 0 Å². The lowest BCUT2D eigenvalue weighted by molar-refractivity contribution is 0.147. The van der Waals surface area contributed by atoms with E-state index in [4.69, 9.17) is 4.74 Å². The molecule has 0 radical (unpaired) electrons. The fourth-order valence-corrected chi connectivity index (χ4v) is 2.24. The third kappa shape index (κ3) is 6.70. The maximum atomic E-state index is 9.95. The van der Waals surface area contributed by atoms with E-state index in [1.54, 1.807) is 0 Å². The van der Waals surface area contributed by atoms with Crippen LogP contribution in [0.1, 0.15) is 24.0 Å². The maximum Gasteiger partial charge on any atom is 0.0721 e. The Morgan fingerprint density at radius 1 is 0.864 bits per heavy atom. The Labute approximate surface area is 133 Å². The van der Waals surface area contributed by atoms with Crippen LogP contribution in [0.25, 0.3) is 0 Å². The van der Waals surface area contributed by atoms with Crippen LogP contribution in [0.15, 0.2) is 72.8 Å². The number of hydrogen-bond donors (Lipinski definition) is 1. The molecule has 0 aliphatic rings. The molecule has 0 aliphatic heterocycles. The Kier molecular flexibility index (Phi) is 7.44. The van der Waals surface area contributed by atoms with Crippen LogP contribution in [0.3, 0.4) is 0 Å². The van der Waals surface area contributed by atoms with Gasteiger partial charge in [-0.1, -0.05) is 72.8 Å². The highest BCUT2D eigenvalue weighted by Crippen LogP contribution is 2.07. The Morgan fingerprint density at radius 2 is 1.50 bits per heavy atom. The van der Waals surface area contributed by atoms with Crippen molar-refractivity contribution in [3.05, 3.63) is 83.9 Å². The van der Waals surface area contributed by atoms with Crippen molar-refractivity contribution in [2.45, 2.75) is 32.0 Å². The molecule has 0 saturated carbocycles. The third-order valence-corrected chi connectivity index (χ3v) is 3.51. The van der Waals surface area contributed by atoms with Gasteiger partial charge < -0.3 is 9.84 Å². The van der Waals surface area contributed by atoms with Gasteiger partial charge in [0.25, 0.3) is 0 Å². The molecular weight excluding hydrogens is 272 g/mol. The van der Waals surface area contributed by atoms with Crippen LogP contribution in [-0.2, 0) is 17.8 Å². The van der Waals surface area contributed by atoms with Crippen LogP contribution >= 0.6 is 0 Å². The first-order chi connectivity index (χ1) is 10.8. The van der Waals surface area contributed by atoms with Crippen molar-refractivity contribution in [1.29, 1.82) is 0 Å². The molecule has 0 bridgehead atoms. The minimum Gasteiger partial charge on any atom is -0.393 e. The Bertz CT molecular complexity index is 534. The second kappa shape index (κ2) is 9.93. The molecule has 0 fully saturated rings. The maximum absolute atomic E-state index is 9.95. The normalized spacial score (nSPS) is 12.6. The van der Waals surface area contributed by atoms with E-state index in [0.29, 0.717) is 19.6 Å². The molecule has 0 aliphatic carbocycles. The highest BCUT2D eigenvalue weighted by Gasteiger charge is 2.02. The van der Waals surface area contributed by atoms with Gasteiger partial charge in [0.05, 0.1) is 19.3 Å². The summed E-state index contributed by atoms with van der Waals surface area (Å²) >= 11 is 0. The summed E-state index contributed by atoms with van der Waals surface area (Å²) in [5.74, 6) is 0. The molecule has 0 aromatic heterocycles. The van der Waals surface area contributed by atoms with E-state index in [1.807, 2.05) is 48.6 Å². The SMILES string of the molecule is O[C@@H](C/C=C/COCc1ccccc1)CCc1ccccc1. The first-order valence-corrected chi connectivity index (χ1v) is 7.83. The van der Waals surface area contributed by atoms with Gasteiger partial charge in [0.15, 0.2) is 0 Å². The average molecular weight is 296 g/mol. The summed E-state index contributed by atoms with van der Waals surface area (Å²) in [6, 6.07) is 20.4. The van der Waals surface area contributed by atoms with Crippen LogP contribution in [0.2, 0.25) is 0 Å². The molecule has 2 aromatic rings. The molecule has 2 nitrogen and oxygen atoms in total. The zero-order valence-corrected chi connectivity index (χ0v) is 12.9. The highest BCUT2D eigenvalue weighted by atomic mass is 16.5. The van der Waals surface area contributed by atoms with Gasteiger partial charge in [0.2, 0.25) is 0 Å². The number of benzene rings is 2. The van der Waals surface area contributed by atoms with E-state index in [0.717, 1.165) is 12.8 Å². The smallest absolute Gasteiger partial charge is 0.0721 e. The minimum atomic E-state index is -0.287. The second-order valence-electron chi connectivity index (χ2n) is 5.39. The molecule has 1 atom stereocenters. The van der Waals surface area contributed by atoms with Crippen LogP contribution in [0.4, 0.5) is 0 Å². The lowest BCUT2D eigenvalue weighted by Gasteiger charge is -2.07. The van der Waals surface area contributed by atoms with Crippen molar-refractivity contribution in [2.24, 2.45) is 0 Å². The number of aryl methyl sites for hydroxylation is 1. The van der Waals surface area contributed by atoms with Crippen LogP contribution in [0.5, 0.6) is 0 Å². The number of aliphatic hydroxyl groups excluding tert-OH is 1. The molecule has 116 valence electrons. The number of ether oxygens (including phenoxy) is 1. The second-order valence-corrected chi connectivity index (χ2v) is 5.39. The standard InChI is InChI=1S/C20H24O2/c21-20(15-14-18-9-3-1-4-10-18)13-7-8-16-22-17-19-11-5-2-6-12-19/h1-12,20-21H,13-17H2/b8-7+/t20-/m0/s1. The first-order valence-electron chi connectivity index (χ1n) is 7.83. The van der Waals surface area contributed by atoms with Gasteiger partial charge in [-0.2, -0.15) is 0 Å². The average Bonchev–Trinajstić information content (AvgIpc) is 2.58. The molecule has 0 amide bonds. The number of hydrogen-bond acceptors (Lipinski definition) is 2. The van der Waals surface area contributed by atoms with Crippen molar-refractivity contribution < 1.29 is 9.84 Å². The third-order valence-electron chi connectivity index (χ3n) is 3.51. The topological polar surface area (TPSA) is 29.5 Å². The summed E-state index contributed by atoms with van der Waals surface area (Å²) in [7, 11) is 0. The summed E-state index contributed by atoms with van der Waals surface area (Å²) < 4.78 is 5.56. The molecule has 0 saturated heterocycles. The zero-order chi connectivity index (χ0) is 15.5. The molecule has 0 unspecified atom stereocenters. The van der Waals surface area contributed by atoms with Gasteiger partial charge in [-0.15, -0.1) is 0 Å². The Balaban J connectivity index is 1.55. The predicted octanol–water partition coefficient (Wildman–Crippen LogP) is 4.14. The van der Waals surface area contributed by atoms with Gasteiger partial charge in [-0.05, 0) is 30.4 Å². The summed E-state index contributed by atoms with van der Waals surface area (Å²) in [5.41, 5.74) is 2.45. The van der Waals surface area contributed by atoms with Crippen molar-refractivity contribution in [3.63, 3.8) is 0 Å². The molecule has 0 spiro atoms. The summed E-state index contributed by atoms with van der Waals surface area (Å²) in [5, 5.41) is 9.95. The van der Waals surface area contributed by atoms with Gasteiger partial charge in [-0.3, -0.25) is 0 Å². The molecule has 2 heteroatoms. The van der Waals surface area contributed by atoms with E-state index < -0.39 is 0 Å². The number of rotatable bonds is 9. The highest BCUT2D eigenvalue weighted by molar-refractivity contribution is 5.15. The molecule has 2 aromatic carbocycles. The van der Waals surface area contributed by atoms with E-state index in [-0.39, 0.29) is 6.10 Å². The fraction of sp³-hybridized carbons (Fsp3) is 0.300. The summed E-state index contributed by atoms with van der Waals surface area (Å²) in [6.07, 6.45) is 6.08. The van der Waals surface area contributed by atoms with E-state index in [2.05, 4.69) is 24.3 Å². The van der Waals surface area contributed by atoms with Gasteiger partial charge in [0, 0.05) is 0 Å². The molecule has 0 heterocycles. The quantitative estimate of drug-likeness (QED) is 0.556. The first kappa shape index (κ1) is 16.5. The van der Waals surface area contributed by atoms with Crippen molar-refractivity contribution in [3.8, 4) is 0 Å². The van der Waals surface area contributed by atoms with Crippen molar-refractivity contribution in [1.82, 2.24) is 0 Å². The molecular formula is C20H24O2. The zero-order valence-electron chi connectivity index (χ0n) is 12.9. The Hall–Kier alpha value is -1.90. The molecule has 1 N–H and O–H groups in total. The van der Waals surface area contributed by atoms with Gasteiger partial charge in [-0.25, -0.2) is 0 Å². The fourth-order valence-electron chi connectivity index (χ4n) is 2.24. The Morgan fingerprint density at radius 3 is 2.18 bits per heavy atom. The van der Waals surface area contributed by atoms with Crippen LogP contribution in [-0.4, -0.2) is 17.8 Å². The van der Waals surface area contributed by atoms with Gasteiger partial charge in [0.1, 0.15) is 0 Å². The largest absolute Gasteiger partial charge is 0.393 e. The van der Waals surface area contributed by atoms with Gasteiger partial charge >= 0.3 is 0 Å². The van der Waals surface area contributed by atoms with Crippen molar-refractivity contribution >= 4 is 0 Å². The lowest BCUT2D eigenvalue weighted by Crippen LogP contribution is -2.06. The molecule has 22 heavy (non-hydrogen) atoms. The van der Waals surface area contributed by atoms with Crippen molar-refractivity contribution in [2.75, 3.05) is 6.61 Å². The minimum absolute atomic E-state index is 0.287. The summed E-state index contributed by atoms with van der Waals surface area (Å²) in [4.78, 5) is 0. The van der Waals surface area contributed by atoms with E-state index in [9.17, 15) is 5.11 Å². The number of aliphatic hydroxyl groups is 1. The molecule has 2 rings (SSSR count). The monoisotopic (exact) mass is 296 g/mol. The lowest BCUT2D eigenvalue weighted by atomic mass is 10.1.